The van der Waals surface area contributed by atoms with E-state index in [1.807, 2.05) is 0 Å². The van der Waals surface area contributed by atoms with E-state index in [0.29, 0.717) is 28.5 Å². The van der Waals surface area contributed by atoms with E-state index in [2.05, 4.69) is 15.3 Å². The molecule has 1 aliphatic heterocycles. The van der Waals surface area contributed by atoms with Gasteiger partial charge in [0, 0.05) is 19.2 Å². The Hall–Kier alpha value is -2.87. The molecule has 7 nitrogen and oxygen atoms in total. The lowest BCUT2D eigenvalue weighted by Gasteiger charge is -2.21. The molecule has 0 fully saturated rings. The summed E-state index contributed by atoms with van der Waals surface area (Å²) >= 11 is 6.17. The number of ether oxygens (including phenoxy) is 1. The molecule has 1 aromatic carbocycles. The second-order valence-electron chi connectivity index (χ2n) is 5.92. The van der Waals surface area contributed by atoms with E-state index in [-0.39, 0.29) is 30.6 Å². The van der Waals surface area contributed by atoms with Crippen LogP contribution in [0, 0.1) is 5.82 Å². The number of imidazole rings is 1. The van der Waals surface area contributed by atoms with Gasteiger partial charge in [-0.3, -0.25) is 9.20 Å². The molecule has 0 saturated carbocycles. The zero-order valence-corrected chi connectivity index (χ0v) is 14.6. The summed E-state index contributed by atoms with van der Waals surface area (Å²) in [5, 5.41) is 2.79. The molecule has 4 rings (SSSR count). The van der Waals surface area contributed by atoms with Crippen LogP contribution >= 0.6 is 11.6 Å². The molecule has 0 spiro atoms. The molecular weight excluding hydrogens is 361 g/mol. The summed E-state index contributed by atoms with van der Waals surface area (Å²) in [6, 6.07) is 2.80. The first-order valence-corrected chi connectivity index (χ1v) is 8.34. The van der Waals surface area contributed by atoms with Crippen LogP contribution in [0.2, 0.25) is 5.02 Å². The summed E-state index contributed by atoms with van der Waals surface area (Å²) in [4.78, 5) is 22.7. The molecule has 0 aliphatic carbocycles. The molecule has 3 aromatic rings. The van der Waals surface area contributed by atoms with Crippen molar-refractivity contribution in [2.24, 2.45) is 0 Å². The number of rotatable bonds is 0. The third kappa shape index (κ3) is 2.82. The number of carbonyl (C=O) groups excluding carboxylic acids is 1. The Labute approximate surface area is 153 Å². The van der Waals surface area contributed by atoms with Gasteiger partial charge in [0.25, 0.3) is 5.91 Å². The highest BCUT2D eigenvalue weighted by atomic mass is 35.5. The summed E-state index contributed by atoms with van der Waals surface area (Å²) in [7, 11) is 1.80. The van der Waals surface area contributed by atoms with E-state index in [4.69, 9.17) is 16.3 Å². The third-order valence-electron chi connectivity index (χ3n) is 4.20. The molecule has 1 amide bonds. The van der Waals surface area contributed by atoms with Crippen molar-refractivity contribution in [3.05, 3.63) is 52.8 Å². The molecule has 0 radical (unpaired) electrons. The van der Waals surface area contributed by atoms with E-state index in [0.717, 1.165) is 0 Å². The number of carbonyl (C=O) groups is 1. The van der Waals surface area contributed by atoms with Gasteiger partial charge in [0.2, 0.25) is 0 Å². The Balaban J connectivity index is 1.83. The van der Waals surface area contributed by atoms with Crippen molar-refractivity contribution in [2.45, 2.75) is 6.54 Å². The quantitative estimate of drug-likeness (QED) is 0.652. The zero-order valence-electron chi connectivity index (χ0n) is 13.9. The molecule has 0 saturated heterocycles. The minimum Gasteiger partial charge on any atom is -0.491 e. The first-order valence-electron chi connectivity index (χ1n) is 7.96. The number of fused-ring (bicyclic) bond motifs is 2. The Morgan fingerprint density at radius 2 is 2.15 bits per heavy atom. The Kier molecular flexibility index (Phi) is 4.12. The Bertz CT molecular complexity index is 1010. The van der Waals surface area contributed by atoms with Crippen LogP contribution in [0.4, 0.5) is 10.2 Å². The maximum absolute atomic E-state index is 13.9. The predicted molar refractivity (Wildman–Crippen MR) is 94.3 cm³/mol. The van der Waals surface area contributed by atoms with Crippen LogP contribution in [0.5, 0.6) is 5.75 Å². The molecule has 9 heteroatoms. The molecule has 134 valence electrons. The summed E-state index contributed by atoms with van der Waals surface area (Å²) in [5.74, 6) is 0.270. The van der Waals surface area contributed by atoms with E-state index < -0.39 is 5.82 Å². The van der Waals surface area contributed by atoms with Crippen LogP contribution < -0.4 is 15.0 Å². The van der Waals surface area contributed by atoms with Crippen molar-refractivity contribution in [3.63, 3.8) is 0 Å². The fraction of sp³-hybridized carbons (Fsp3) is 0.235. The molecule has 1 aliphatic rings. The van der Waals surface area contributed by atoms with Crippen molar-refractivity contribution in [1.82, 2.24) is 19.7 Å². The Morgan fingerprint density at radius 3 is 3.00 bits per heavy atom. The molecular formula is C17H15ClFN5O2. The van der Waals surface area contributed by atoms with Crippen LogP contribution in [0.25, 0.3) is 5.65 Å². The predicted octanol–water partition coefficient (Wildman–Crippen LogP) is 2.28. The summed E-state index contributed by atoms with van der Waals surface area (Å²) < 4.78 is 21.3. The number of aromatic nitrogens is 3. The minimum absolute atomic E-state index is 0.0117. The smallest absolute Gasteiger partial charge is 0.270 e. The minimum atomic E-state index is -0.514. The van der Waals surface area contributed by atoms with Gasteiger partial charge >= 0.3 is 0 Å². The van der Waals surface area contributed by atoms with Crippen LogP contribution in [0.15, 0.2) is 30.7 Å². The van der Waals surface area contributed by atoms with Gasteiger partial charge < -0.3 is 15.0 Å². The van der Waals surface area contributed by atoms with Crippen LogP contribution in [0.3, 0.4) is 0 Å². The van der Waals surface area contributed by atoms with Gasteiger partial charge in [-0.05, 0) is 12.1 Å². The Morgan fingerprint density at radius 1 is 1.31 bits per heavy atom. The van der Waals surface area contributed by atoms with Gasteiger partial charge in [-0.1, -0.05) is 11.6 Å². The highest BCUT2D eigenvalue weighted by molar-refractivity contribution is 6.31. The lowest BCUT2D eigenvalue weighted by atomic mass is 10.1. The molecule has 3 heterocycles. The number of benzene rings is 1. The average molecular weight is 376 g/mol. The molecule has 0 unspecified atom stereocenters. The second-order valence-corrected chi connectivity index (χ2v) is 6.29. The summed E-state index contributed by atoms with van der Waals surface area (Å²) in [6.45, 7) is 0.798. The van der Waals surface area contributed by atoms with Crippen LogP contribution in [0.1, 0.15) is 16.1 Å². The van der Waals surface area contributed by atoms with Gasteiger partial charge in [-0.25, -0.2) is 14.4 Å². The first-order chi connectivity index (χ1) is 12.5. The largest absolute Gasteiger partial charge is 0.491 e. The molecule has 26 heavy (non-hydrogen) atoms. The van der Waals surface area contributed by atoms with E-state index in [1.54, 1.807) is 28.7 Å². The number of hydrogen-bond donors (Lipinski definition) is 1. The van der Waals surface area contributed by atoms with Crippen LogP contribution in [-0.4, -0.2) is 40.5 Å². The van der Waals surface area contributed by atoms with E-state index >= 15 is 0 Å². The monoisotopic (exact) mass is 375 g/mol. The molecule has 0 atom stereocenters. The number of amides is 1. The van der Waals surface area contributed by atoms with Crippen molar-refractivity contribution in [3.8, 4) is 5.75 Å². The van der Waals surface area contributed by atoms with Gasteiger partial charge in [0.1, 0.15) is 29.7 Å². The molecule has 2 bridgehead atoms. The topological polar surface area (TPSA) is 71.8 Å². The van der Waals surface area contributed by atoms with Crippen molar-refractivity contribution < 1.29 is 13.9 Å². The molecule has 2 aromatic heterocycles. The van der Waals surface area contributed by atoms with Gasteiger partial charge in [0.05, 0.1) is 30.2 Å². The molecule has 1 N–H and O–H groups in total. The van der Waals surface area contributed by atoms with Crippen molar-refractivity contribution in [2.75, 3.05) is 25.1 Å². The van der Waals surface area contributed by atoms with Gasteiger partial charge in [0.15, 0.2) is 5.65 Å². The highest BCUT2D eigenvalue weighted by Gasteiger charge is 2.19. The van der Waals surface area contributed by atoms with Crippen LogP contribution in [-0.2, 0) is 6.54 Å². The number of hydrogen-bond acceptors (Lipinski definition) is 5. The third-order valence-corrected chi connectivity index (χ3v) is 4.61. The lowest BCUT2D eigenvalue weighted by molar-refractivity contribution is 0.0941. The standard InChI is InChI=1S/C17H15ClFN5O2/c1-23-8-10-13(3-2-11(19)16(10)18)26-5-4-20-17(25)12-6-21-14-7-22-15(23)9-24(12)14/h2-3,6-7,9H,4-5,8H2,1H3,(H,20,25). The second kappa shape index (κ2) is 6.45. The highest BCUT2D eigenvalue weighted by Crippen LogP contribution is 2.31. The summed E-state index contributed by atoms with van der Waals surface area (Å²) in [6.07, 6.45) is 4.79. The number of halogens is 2. The SMILES string of the molecule is CN1Cc2c(ccc(F)c2Cl)OCCNC(=O)c2cnc3cnc1cn23. The fourth-order valence-electron chi connectivity index (χ4n) is 2.84. The van der Waals surface area contributed by atoms with E-state index in [9.17, 15) is 9.18 Å². The first kappa shape index (κ1) is 16.6. The summed E-state index contributed by atoms with van der Waals surface area (Å²) in [5.41, 5.74) is 1.48. The number of nitrogens with zero attached hydrogens (tertiary/aromatic N) is 4. The van der Waals surface area contributed by atoms with Gasteiger partial charge in [-0.15, -0.1) is 0 Å². The lowest BCUT2D eigenvalue weighted by Crippen LogP contribution is -2.29. The normalized spacial score (nSPS) is 14.9. The maximum atomic E-state index is 13.9. The van der Waals surface area contributed by atoms with Crippen molar-refractivity contribution >= 4 is 29.0 Å². The number of nitrogens with one attached hydrogen (secondary N) is 1. The van der Waals surface area contributed by atoms with E-state index in [1.165, 1.54) is 18.3 Å². The average Bonchev–Trinajstić information content (AvgIpc) is 3.06. The van der Waals surface area contributed by atoms with Gasteiger partial charge in [-0.2, -0.15) is 0 Å². The maximum Gasteiger partial charge on any atom is 0.270 e. The number of anilines is 1. The van der Waals surface area contributed by atoms with Crippen molar-refractivity contribution in [1.29, 1.82) is 0 Å². The fourth-order valence-corrected chi connectivity index (χ4v) is 3.05. The zero-order chi connectivity index (χ0) is 18.3.